The van der Waals surface area contributed by atoms with Gasteiger partial charge in [0.25, 0.3) is 0 Å². The number of rotatable bonds is 2. The van der Waals surface area contributed by atoms with E-state index in [0.29, 0.717) is 33.6 Å². The highest BCUT2D eigenvalue weighted by atomic mass is 16.5. The minimum atomic E-state index is -0.390. The van der Waals surface area contributed by atoms with E-state index in [1.807, 2.05) is 0 Å². The summed E-state index contributed by atoms with van der Waals surface area (Å²) in [5.74, 6) is 0.0635. The molecule has 0 saturated heterocycles. The van der Waals surface area contributed by atoms with Crippen LogP contribution in [0.25, 0.3) is 22.1 Å². The van der Waals surface area contributed by atoms with Crippen LogP contribution in [-0.2, 0) is 9.59 Å². The number of hydrogen-bond donors (Lipinski definition) is 0. The molecule has 0 atom stereocenters. The van der Waals surface area contributed by atoms with E-state index in [-0.39, 0.29) is 11.9 Å². The van der Waals surface area contributed by atoms with Crippen LogP contribution >= 0.6 is 0 Å². The molecule has 2 aromatic carbocycles. The number of fused-ring (bicyclic) bond motifs is 2. The standard InChI is InChI=1S/C16H12N2O4/c1-9(19)21-11-3-5-13-15(7-11)17-14-6-4-12(22-10(2)20)8-16(14)18-13/h3-8H,1-2H3. The molecule has 110 valence electrons. The van der Waals surface area contributed by atoms with E-state index < -0.39 is 0 Å². The fraction of sp³-hybridized carbons (Fsp3) is 0.125. The van der Waals surface area contributed by atoms with Crippen molar-refractivity contribution in [3.05, 3.63) is 36.4 Å². The molecule has 0 radical (unpaired) electrons. The SMILES string of the molecule is CC(=O)Oc1ccc2nc3cc(OC(C)=O)ccc3nc2c1. The van der Waals surface area contributed by atoms with Gasteiger partial charge in [0, 0.05) is 26.0 Å². The van der Waals surface area contributed by atoms with Crippen LogP contribution in [0.15, 0.2) is 36.4 Å². The fourth-order valence-corrected chi connectivity index (χ4v) is 2.09. The molecule has 0 spiro atoms. The quantitative estimate of drug-likeness (QED) is 0.411. The van der Waals surface area contributed by atoms with Crippen molar-refractivity contribution in [3.8, 4) is 11.5 Å². The number of hydrogen-bond acceptors (Lipinski definition) is 6. The number of nitrogens with zero attached hydrogens (tertiary/aromatic N) is 2. The van der Waals surface area contributed by atoms with E-state index in [4.69, 9.17) is 9.47 Å². The number of carbonyl (C=O) groups excluding carboxylic acids is 2. The van der Waals surface area contributed by atoms with Gasteiger partial charge in [-0.25, -0.2) is 9.97 Å². The molecule has 0 aliphatic carbocycles. The van der Waals surface area contributed by atoms with Crippen LogP contribution in [0, 0.1) is 0 Å². The average Bonchev–Trinajstić information content (AvgIpc) is 2.44. The molecule has 6 heteroatoms. The summed E-state index contributed by atoms with van der Waals surface area (Å²) in [4.78, 5) is 30.9. The predicted molar refractivity (Wildman–Crippen MR) is 79.7 cm³/mol. The summed E-state index contributed by atoms with van der Waals surface area (Å²) in [5.41, 5.74) is 2.55. The first-order valence-electron chi connectivity index (χ1n) is 6.60. The molecule has 0 saturated carbocycles. The molecule has 3 rings (SSSR count). The van der Waals surface area contributed by atoms with E-state index in [1.54, 1.807) is 36.4 Å². The van der Waals surface area contributed by atoms with Gasteiger partial charge in [0.2, 0.25) is 0 Å². The van der Waals surface area contributed by atoms with Crippen molar-refractivity contribution in [2.45, 2.75) is 13.8 Å². The third-order valence-electron chi connectivity index (χ3n) is 2.90. The maximum absolute atomic E-state index is 11.0. The van der Waals surface area contributed by atoms with Crippen LogP contribution in [-0.4, -0.2) is 21.9 Å². The van der Waals surface area contributed by atoms with Gasteiger partial charge in [0.05, 0.1) is 22.1 Å². The van der Waals surface area contributed by atoms with Crippen molar-refractivity contribution in [3.63, 3.8) is 0 Å². The molecule has 0 unspecified atom stereocenters. The Kier molecular flexibility index (Phi) is 3.42. The van der Waals surface area contributed by atoms with E-state index in [9.17, 15) is 9.59 Å². The van der Waals surface area contributed by atoms with Gasteiger partial charge < -0.3 is 9.47 Å². The Morgan fingerprint density at radius 3 is 1.50 bits per heavy atom. The summed E-state index contributed by atoms with van der Waals surface area (Å²) in [6.07, 6.45) is 0. The topological polar surface area (TPSA) is 78.4 Å². The Labute approximate surface area is 125 Å². The van der Waals surface area contributed by atoms with Crippen molar-refractivity contribution in [2.24, 2.45) is 0 Å². The van der Waals surface area contributed by atoms with Gasteiger partial charge in [-0.15, -0.1) is 0 Å². The third kappa shape index (κ3) is 2.85. The zero-order chi connectivity index (χ0) is 15.7. The summed E-state index contributed by atoms with van der Waals surface area (Å²) in [5, 5.41) is 0. The molecule has 3 aromatic rings. The minimum Gasteiger partial charge on any atom is -0.427 e. The lowest BCUT2D eigenvalue weighted by molar-refractivity contribution is -0.132. The minimum absolute atomic E-state index is 0.390. The van der Waals surface area contributed by atoms with E-state index in [0.717, 1.165) is 0 Å². The first kappa shape index (κ1) is 13.9. The summed E-state index contributed by atoms with van der Waals surface area (Å²) < 4.78 is 10.1. The van der Waals surface area contributed by atoms with Gasteiger partial charge in [-0.05, 0) is 24.3 Å². The highest BCUT2D eigenvalue weighted by Crippen LogP contribution is 2.23. The van der Waals surface area contributed by atoms with Gasteiger partial charge in [0.15, 0.2) is 0 Å². The van der Waals surface area contributed by atoms with Crippen molar-refractivity contribution in [2.75, 3.05) is 0 Å². The number of carbonyl (C=O) groups is 2. The van der Waals surface area contributed by atoms with Crippen LogP contribution in [0.2, 0.25) is 0 Å². The van der Waals surface area contributed by atoms with Gasteiger partial charge in [0.1, 0.15) is 11.5 Å². The zero-order valence-corrected chi connectivity index (χ0v) is 12.0. The van der Waals surface area contributed by atoms with Gasteiger partial charge in [-0.2, -0.15) is 0 Å². The third-order valence-corrected chi connectivity index (χ3v) is 2.90. The highest BCUT2D eigenvalue weighted by molar-refractivity contribution is 5.88. The molecule has 1 heterocycles. The summed E-state index contributed by atoms with van der Waals surface area (Å²) >= 11 is 0. The van der Waals surface area contributed by atoms with Crippen LogP contribution in [0.4, 0.5) is 0 Å². The number of ether oxygens (including phenoxy) is 2. The lowest BCUT2D eigenvalue weighted by atomic mass is 10.2. The summed E-state index contributed by atoms with van der Waals surface area (Å²) in [7, 11) is 0. The lowest BCUT2D eigenvalue weighted by Gasteiger charge is -2.06. The van der Waals surface area contributed by atoms with Crippen molar-refractivity contribution < 1.29 is 19.1 Å². The lowest BCUT2D eigenvalue weighted by Crippen LogP contribution is -2.02. The summed E-state index contributed by atoms with van der Waals surface area (Å²) in [6, 6.07) is 10.1. The van der Waals surface area contributed by atoms with Crippen molar-refractivity contribution >= 4 is 34.0 Å². The fourth-order valence-electron chi connectivity index (χ4n) is 2.09. The van der Waals surface area contributed by atoms with Crippen molar-refractivity contribution in [1.82, 2.24) is 9.97 Å². The number of aromatic nitrogens is 2. The van der Waals surface area contributed by atoms with E-state index in [2.05, 4.69) is 9.97 Å². The molecule has 0 bridgehead atoms. The highest BCUT2D eigenvalue weighted by Gasteiger charge is 2.07. The molecule has 1 aromatic heterocycles. The Bertz CT molecular complexity index is 830. The maximum atomic E-state index is 11.0. The molecule has 22 heavy (non-hydrogen) atoms. The second kappa shape index (κ2) is 5.40. The molecule has 0 N–H and O–H groups in total. The normalized spacial score (nSPS) is 10.6. The predicted octanol–water partition coefficient (Wildman–Crippen LogP) is 2.63. The molecule has 0 amide bonds. The van der Waals surface area contributed by atoms with Gasteiger partial charge in [-0.3, -0.25) is 9.59 Å². The average molecular weight is 296 g/mol. The molecule has 6 nitrogen and oxygen atoms in total. The number of benzene rings is 2. The van der Waals surface area contributed by atoms with Gasteiger partial charge in [-0.1, -0.05) is 0 Å². The second-order valence-corrected chi connectivity index (χ2v) is 4.71. The summed E-state index contributed by atoms with van der Waals surface area (Å²) in [6.45, 7) is 2.68. The molecule has 0 aliphatic heterocycles. The maximum Gasteiger partial charge on any atom is 0.308 e. The number of esters is 2. The molecular formula is C16H12N2O4. The molecular weight excluding hydrogens is 284 g/mol. The van der Waals surface area contributed by atoms with Crippen LogP contribution < -0.4 is 9.47 Å². The Morgan fingerprint density at radius 1 is 0.727 bits per heavy atom. The molecule has 0 aliphatic rings. The zero-order valence-electron chi connectivity index (χ0n) is 12.0. The molecule has 0 fully saturated rings. The first-order valence-corrected chi connectivity index (χ1v) is 6.60. The largest absolute Gasteiger partial charge is 0.427 e. The van der Waals surface area contributed by atoms with Crippen LogP contribution in [0.1, 0.15) is 13.8 Å². The Hall–Kier alpha value is -3.02. The first-order chi connectivity index (χ1) is 10.5. The van der Waals surface area contributed by atoms with Crippen LogP contribution in [0.5, 0.6) is 11.5 Å². The Morgan fingerprint density at radius 2 is 1.14 bits per heavy atom. The van der Waals surface area contributed by atoms with E-state index in [1.165, 1.54) is 13.8 Å². The second-order valence-electron chi connectivity index (χ2n) is 4.71. The van der Waals surface area contributed by atoms with Gasteiger partial charge >= 0.3 is 11.9 Å². The smallest absolute Gasteiger partial charge is 0.308 e. The Balaban J connectivity index is 2.08. The van der Waals surface area contributed by atoms with Crippen LogP contribution in [0.3, 0.4) is 0 Å². The van der Waals surface area contributed by atoms with Crippen molar-refractivity contribution in [1.29, 1.82) is 0 Å². The van der Waals surface area contributed by atoms with E-state index >= 15 is 0 Å². The monoisotopic (exact) mass is 296 g/mol.